The number of hydrogen-bond donors (Lipinski definition) is 2. The summed E-state index contributed by atoms with van der Waals surface area (Å²) in [5.41, 5.74) is 1.15. The molecule has 3 amide bonds. The molecule has 0 aromatic heterocycles. The van der Waals surface area contributed by atoms with Gasteiger partial charge in [0.05, 0.1) is 5.56 Å². The maximum absolute atomic E-state index is 13.3. The van der Waals surface area contributed by atoms with E-state index in [0.29, 0.717) is 31.7 Å². The normalized spacial score (nSPS) is 33.1. The van der Waals surface area contributed by atoms with Gasteiger partial charge < -0.3 is 20.4 Å². The molecule has 1 aromatic rings. The van der Waals surface area contributed by atoms with Gasteiger partial charge in [0.25, 0.3) is 5.91 Å². The molecule has 1 saturated heterocycles. The van der Waals surface area contributed by atoms with Crippen molar-refractivity contribution < 1.29 is 14.4 Å². The zero-order chi connectivity index (χ0) is 20.2. The highest BCUT2D eigenvalue weighted by Gasteiger charge is 2.55. The van der Waals surface area contributed by atoms with Crippen LogP contribution in [-0.2, 0) is 9.59 Å². The van der Waals surface area contributed by atoms with Gasteiger partial charge >= 0.3 is 0 Å². The molecule has 0 radical (unpaired) electrons. The van der Waals surface area contributed by atoms with Crippen LogP contribution in [0.25, 0.3) is 0 Å². The quantitative estimate of drug-likeness (QED) is 0.757. The largest absolute Gasteiger partial charge is 0.362 e. The number of carbonyl (C=O) groups is 3. The van der Waals surface area contributed by atoms with E-state index >= 15 is 0 Å². The van der Waals surface area contributed by atoms with Crippen molar-refractivity contribution in [2.24, 2.45) is 17.8 Å². The minimum atomic E-state index is -0.432. The Kier molecular flexibility index (Phi) is 4.29. The third-order valence-corrected chi connectivity index (χ3v) is 7.49. The second kappa shape index (κ2) is 6.75. The van der Waals surface area contributed by atoms with Crippen LogP contribution >= 0.6 is 0 Å². The zero-order valence-corrected chi connectivity index (χ0v) is 16.8. The Hall–Kier alpha value is -2.57. The maximum atomic E-state index is 13.3. The summed E-state index contributed by atoms with van der Waals surface area (Å²) in [6.45, 7) is 4.08. The number of fused-ring (bicyclic) bond motifs is 3. The van der Waals surface area contributed by atoms with Crippen molar-refractivity contribution in [2.45, 2.75) is 38.3 Å². The van der Waals surface area contributed by atoms with Crippen molar-refractivity contribution in [3.63, 3.8) is 0 Å². The average Bonchev–Trinajstić information content (AvgIpc) is 2.73. The van der Waals surface area contributed by atoms with Gasteiger partial charge in [-0.05, 0) is 43.7 Å². The van der Waals surface area contributed by atoms with E-state index in [0.717, 1.165) is 31.4 Å². The van der Waals surface area contributed by atoms with Crippen LogP contribution in [0.2, 0.25) is 0 Å². The lowest BCUT2D eigenvalue weighted by atomic mass is 9.58. The van der Waals surface area contributed by atoms with Gasteiger partial charge in [-0.2, -0.15) is 0 Å². The van der Waals surface area contributed by atoms with E-state index in [4.69, 9.17) is 0 Å². The van der Waals surface area contributed by atoms with Gasteiger partial charge in [0.2, 0.25) is 11.8 Å². The molecule has 2 heterocycles. The van der Waals surface area contributed by atoms with Crippen molar-refractivity contribution >= 4 is 23.4 Å². The van der Waals surface area contributed by atoms with Gasteiger partial charge in [-0.1, -0.05) is 12.1 Å². The Labute approximate surface area is 170 Å². The van der Waals surface area contributed by atoms with Gasteiger partial charge in [-0.3, -0.25) is 14.4 Å². The zero-order valence-electron chi connectivity index (χ0n) is 16.8. The van der Waals surface area contributed by atoms with Gasteiger partial charge in [0.1, 0.15) is 5.66 Å². The molecular weight excluding hydrogens is 368 g/mol. The second-order valence-electron chi connectivity index (χ2n) is 9.01. The van der Waals surface area contributed by atoms with Gasteiger partial charge in [-0.25, -0.2) is 0 Å². The van der Waals surface area contributed by atoms with Crippen LogP contribution in [0.4, 0.5) is 5.69 Å². The Bertz CT molecular complexity index is 863. The Balaban J connectivity index is 1.31. The molecule has 3 unspecified atom stereocenters. The van der Waals surface area contributed by atoms with Crippen LogP contribution in [0.1, 0.15) is 43.0 Å². The Morgan fingerprint density at radius 1 is 1.03 bits per heavy atom. The van der Waals surface area contributed by atoms with Crippen LogP contribution in [0.5, 0.6) is 0 Å². The number of benzene rings is 1. The Morgan fingerprint density at radius 3 is 2.45 bits per heavy atom. The molecule has 3 saturated carbocycles. The van der Waals surface area contributed by atoms with Crippen LogP contribution in [0, 0.1) is 17.8 Å². The lowest BCUT2D eigenvalue weighted by molar-refractivity contribution is -0.147. The number of nitrogens with zero attached hydrogens (tertiary/aromatic N) is 2. The molecule has 2 aliphatic heterocycles. The molecule has 4 fully saturated rings. The number of nitrogens with one attached hydrogen (secondary N) is 2. The van der Waals surface area contributed by atoms with Crippen molar-refractivity contribution in [1.29, 1.82) is 0 Å². The number of para-hydroxylation sites is 1. The molecule has 6 rings (SSSR count). The number of carbonyl (C=O) groups excluding carboxylic acids is 3. The molecule has 29 heavy (non-hydrogen) atoms. The highest BCUT2D eigenvalue weighted by molar-refractivity contribution is 6.02. The van der Waals surface area contributed by atoms with E-state index in [-0.39, 0.29) is 35.5 Å². The van der Waals surface area contributed by atoms with E-state index in [1.54, 1.807) is 6.92 Å². The third kappa shape index (κ3) is 2.98. The molecule has 3 aliphatic carbocycles. The van der Waals surface area contributed by atoms with Gasteiger partial charge in [-0.15, -0.1) is 0 Å². The monoisotopic (exact) mass is 396 g/mol. The minimum absolute atomic E-state index is 0.0184. The first-order chi connectivity index (χ1) is 14.0. The third-order valence-electron chi connectivity index (χ3n) is 7.49. The molecule has 2 N–H and O–H groups in total. The van der Waals surface area contributed by atoms with E-state index in [9.17, 15) is 14.4 Å². The predicted molar refractivity (Wildman–Crippen MR) is 108 cm³/mol. The molecule has 7 heteroatoms. The fourth-order valence-electron chi connectivity index (χ4n) is 5.92. The fourth-order valence-corrected chi connectivity index (χ4v) is 5.92. The summed E-state index contributed by atoms with van der Waals surface area (Å²) in [7, 11) is 0. The molecule has 1 spiro atoms. The highest BCUT2D eigenvalue weighted by atomic mass is 16.2. The number of piperazine rings is 1. The SMILES string of the molecule is CC(=O)N1CCN(C(=O)C2CC3CCC2C[C@@]32NC(=O)c3ccccc3N2)CC1. The molecular formula is C22H28N4O3. The topological polar surface area (TPSA) is 81.8 Å². The van der Waals surface area contributed by atoms with Gasteiger partial charge in [0.15, 0.2) is 0 Å². The smallest absolute Gasteiger partial charge is 0.255 e. The molecule has 2 bridgehead atoms. The summed E-state index contributed by atoms with van der Waals surface area (Å²) >= 11 is 0. The molecule has 4 atom stereocenters. The van der Waals surface area contributed by atoms with Crippen molar-refractivity contribution in [3.05, 3.63) is 29.8 Å². The van der Waals surface area contributed by atoms with Crippen molar-refractivity contribution in [1.82, 2.24) is 15.1 Å². The molecule has 154 valence electrons. The van der Waals surface area contributed by atoms with Crippen LogP contribution in [0.15, 0.2) is 24.3 Å². The molecule has 7 nitrogen and oxygen atoms in total. The summed E-state index contributed by atoms with van der Waals surface area (Å²) in [6, 6.07) is 7.64. The van der Waals surface area contributed by atoms with Crippen LogP contribution in [-0.4, -0.2) is 59.4 Å². The highest BCUT2D eigenvalue weighted by Crippen LogP contribution is 2.52. The number of hydrogen-bond acceptors (Lipinski definition) is 4. The van der Waals surface area contributed by atoms with E-state index < -0.39 is 5.66 Å². The molecule has 1 aromatic carbocycles. The summed E-state index contributed by atoms with van der Waals surface area (Å²) in [4.78, 5) is 41.3. The second-order valence-corrected chi connectivity index (χ2v) is 9.01. The summed E-state index contributed by atoms with van der Waals surface area (Å²) < 4.78 is 0. The maximum Gasteiger partial charge on any atom is 0.255 e. The fraction of sp³-hybridized carbons (Fsp3) is 0.591. The number of rotatable bonds is 1. The number of amides is 3. The molecule has 5 aliphatic rings. The average molecular weight is 396 g/mol. The lowest BCUT2D eigenvalue weighted by Gasteiger charge is -2.57. The van der Waals surface area contributed by atoms with Gasteiger partial charge in [0, 0.05) is 50.6 Å². The first-order valence-corrected chi connectivity index (χ1v) is 10.7. The van der Waals surface area contributed by atoms with Crippen LogP contribution < -0.4 is 10.6 Å². The van der Waals surface area contributed by atoms with Crippen LogP contribution in [0.3, 0.4) is 0 Å². The summed E-state index contributed by atoms with van der Waals surface area (Å²) in [5.74, 6) is 0.846. The van der Waals surface area contributed by atoms with Crippen molar-refractivity contribution in [2.75, 3.05) is 31.5 Å². The predicted octanol–water partition coefficient (Wildman–Crippen LogP) is 1.67. The van der Waals surface area contributed by atoms with E-state index in [1.807, 2.05) is 34.1 Å². The van der Waals surface area contributed by atoms with Crippen molar-refractivity contribution in [3.8, 4) is 0 Å². The first-order valence-electron chi connectivity index (χ1n) is 10.7. The first kappa shape index (κ1) is 18.5. The Morgan fingerprint density at radius 2 is 1.76 bits per heavy atom. The van der Waals surface area contributed by atoms with E-state index in [2.05, 4.69) is 10.6 Å². The van der Waals surface area contributed by atoms with E-state index in [1.165, 1.54) is 0 Å². The number of anilines is 1. The lowest BCUT2D eigenvalue weighted by Crippen LogP contribution is -2.68. The summed E-state index contributed by atoms with van der Waals surface area (Å²) in [6.07, 6.45) is 3.67. The summed E-state index contributed by atoms with van der Waals surface area (Å²) in [5, 5.41) is 6.89. The minimum Gasteiger partial charge on any atom is -0.362 e. The standard InChI is InChI=1S/C22H28N4O3/c1-14(27)25-8-10-26(11-9-25)21(29)18-12-16-7-6-15(18)13-22(16)23-19-5-3-2-4-17(19)20(28)24-22/h2-5,15-16,18,23H,6-13H2,1H3,(H,24,28)/t15?,16?,18?,22-/m1/s1.